The molecular weight excluding hydrogens is 225 g/mol. The van der Waals surface area contributed by atoms with Crippen LogP contribution in [0, 0.1) is 5.82 Å². The molecule has 0 fully saturated rings. The first-order chi connectivity index (χ1) is 8.26. The first-order valence-corrected chi connectivity index (χ1v) is 5.49. The SMILES string of the molecule is COCCNCc1cc(F)cc(OCCO)c1. The number of aliphatic hydroxyl groups is 1. The molecule has 0 spiro atoms. The van der Waals surface area contributed by atoms with Crippen LogP contribution < -0.4 is 10.1 Å². The van der Waals surface area contributed by atoms with E-state index in [4.69, 9.17) is 14.6 Å². The van der Waals surface area contributed by atoms with Crippen LogP contribution in [0.2, 0.25) is 0 Å². The summed E-state index contributed by atoms with van der Waals surface area (Å²) < 4.78 is 23.3. The molecule has 1 aromatic carbocycles. The number of aliphatic hydroxyl groups excluding tert-OH is 1. The molecule has 0 saturated carbocycles. The van der Waals surface area contributed by atoms with Gasteiger partial charge in [-0.1, -0.05) is 0 Å². The minimum absolute atomic E-state index is 0.0854. The average molecular weight is 243 g/mol. The summed E-state index contributed by atoms with van der Waals surface area (Å²) in [5.41, 5.74) is 0.800. The highest BCUT2D eigenvalue weighted by Crippen LogP contribution is 2.16. The fourth-order valence-corrected chi connectivity index (χ4v) is 1.38. The average Bonchev–Trinajstić information content (AvgIpc) is 2.31. The van der Waals surface area contributed by atoms with Gasteiger partial charge in [-0.15, -0.1) is 0 Å². The van der Waals surface area contributed by atoms with Crippen molar-refractivity contribution >= 4 is 0 Å². The zero-order chi connectivity index (χ0) is 12.5. The first kappa shape index (κ1) is 13.9. The zero-order valence-corrected chi connectivity index (χ0v) is 9.91. The Morgan fingerprint density at radius 1 is 1.29 bits per heavy atom. The molecule has 17 heavy (non-hydrogen) atoms. The van der Waals surface area contributed by atoms with E-state index < -0.39 is 0 Å². The largest absolute Gasteiger partial charge is 0.491 e. The van der Waals surface area contributed by atoms with Gasteiger partial charge in [0.15, 0.2) is 0 Å². The number of hydrogen-bond donors (Lipinski definition) is 2. The summed E-state index contributed by atoms with van der Waals surface area (Å²) in [6.45, 7) is 1.96. The van der Waals surface area contributed by atoms with Crippen molar-refractivity contribution < 1.29 is 19.0 Å². The minimum Gasteiger partial charge on any atom is -0.491 e. The molecule has 0 atom stereocenters. The quantitative estimate of drug-likeness (QED) is 0.667. The van der Waals surface area contributed by atoms with Crippen molar-refractivity contribution in [2.45, 2.75) is 6.54 Å². The van der Waals surface area contributed by atoms with Gasteiger partial charge in [0.2, 0.25) is 0 Å². The first-order valence-electron chi connectivity index (χ1n) is 5.49. The number of hydrogen-bond acceptors (Lipinski definition) is 4. The van der Waals surface area contributed by atoms with Gasteiger partial charge in [0, 0.05) is 26.3 Å². The smallest absolute Gasteiger partial charge is 0.127 e. The molecule has 96 valence electrons. The molecule has 0 heterocycles. The molecule has 0 radical (unpaired) electrons. The van der Waals surface area contributed by atoms with E-state index in [1.54, 1.807) is 13.2 Å². The Bertz CT molecular complexity index is 334. The fourth-order valence-electron chi connectivity index (χ4n) is 1.38. The monoisotopic (exact) mass is 243 g/mol. The summed E-state index contributed by atoms with van der Waals surface area (Å²) in [6.07, 6.45) is 0. The highest BCUT2D eigenvalue weighted by molar-refractivity contribution is 5.29. The van der Waals surface area contributed by atoms with E-state index in [2.05, 4.69) is 5.32 Å². The maximum Gasteiger partial charge on any atom is 0.127 e. The fraction of sp³-hybridized carbons (Fsp3) is 0.500. The van der Waals surface area contributed by atoms with Crippen LogP contribution in [0.4, 0.5) is 4.39 Å². The third-order valence-electron chi connectivity index (χ3n) is 2.10. The van der Waals surface area contributed by atoms with Gasteiger partial charge in [-0.05, 0) is 17.7 Å². The highest BCUT2D eigenvalue weighted by atomic mass is 19.1. The number of rotatable bonds is 8. The number of halogens is 1. The summed E-state index contributed by atoms with van der Waals surface area (Å²) in [5.74, 6) is 0.0894. The van der Waals surface area contributed by atoms with Crippen LogP contribution in [0.15, 0.2) is 18.2 Å². The van der Waals surface area contributed by atoms with Crippen LogP contribution in [-0.2, 0) is 11.3 Å². The standard InChI is InChI=1S/C12H18FNO3/c1-16-4-2-14-9-10-6-11(13)8-12(7-10)17-5-3-15/h6-8,14-15H,2-5,9H2,1H3. The van der Waals surface area contributed by atoms with Crippen LogP contribution in [0.25, 0.3) is 0 Å². The van der Waals surface area contributed by atoms with E-state index in [1.165, 1.54) is 12.1 Å². The van der Waals surface area contributed by atoms with Gasteiger partial charge < -0.3 is 19.9 Å². The number of methoxy groups -OCH3 is 1. The van der Waals surface area contributed by atoms with Gasteiger partial charge in [-0.2, -0.15) is 0 Å². The van der Waals surface area contributed by atoms with Crippen molar-refractivity contribution in [2.24, 2.45) is 0 Å². The van der Waals surface area contributed by atoms with Crippen molar-refractivity contribution in [1.82, 2.24) is 5.32 Å². The van der Waals surface area contributed by atoms with Crippen molar-refractivity contribution in [3.8, 4) is 5.75 Å². The Morgan fingerprint density at radius 3 is 2.82 bits per heavy atom. The molecule has 5 heteroatoms. The van der Waals surface area contributed by atoms with Crippen molar-refractivity contribution in [1.29, 1.82) is 0 Å². The molecule has 0 aliphatic carbocycles. The zero-order valence-electron chi connectivity index (χ0n) is 9.91. The molecule has 4 nitrogen and oxygen atoms in total. The lowest BCUT2D eigenvalue weighted by Crippen LogP contribution is -2.18. The topological polar surface area (TPSA) is 50.7 Å². The van der Waals surface area contributed by atoms with Crippen LogP contribution in [0.3, 0.4) is 0 Å². The van der Waals surface area contributed by atoms with Gasteiger partial charge in [-0.3, -0.25) is 0 Å². The maximum atomic E-state index is 13.2. The Labute approximate surface area is 100 Å². The second kappa shape index (κ2) is 8.00. The van der Waals surface area contributed by atoms with Crippen molar-refractivity contribution in [3.05, 3.63) is 29.6 Å². The lowest BCUT2D eigenvalue weighted by Gasteiger charge is -2.08. The van der Waals surface area contributed by atoms with Crippen molar-refractivity contribution in [2.75, 3.05) is 33.5 Å². The molecule has 0 aliphatic heterocycles. The molecule has 1 rings (SSSR count). The molecule has 0 unspecified atom stereocenters. The van der Waals surface area contributed by atoms with Crippen LogP contribution >= 0.6 is 0 Å². The molecular formula is C12H18FNO3. The van der Waals surface area contributed by atoms with E-state index in [0.29, 0.717) is 25.4 Å². The molecule has 0 aromatic heterocycles. The van der Waals surface area contributed by atoms with Gasteiger partial charge >= 0.3 is 0 Å². The summed E-state index contributed by atoms with van der Waals surface area (Å²) in [4.78, 5) is 0. The summed E-state index contributed by atoms with van der Waals surface area (Å²) in [6, 6.07) is 4.50. The van der Waals surface area contributed by atoms with Crippen LogP contribution in [0.1, 0.15) is 5.56 Å². The highest BCUT2D eigenvalue weighted by Gasteiger charge is 2.01. The molecule has 2 N–H and O–H groups in total. The Kier molecular flexibility index (Phi) is 6.54. The third kappa shape index (κ3) is 5.63. The van der Waals surface area contributed by atoms with E-state index >= 15 is 0 Å². The van der Waals surface area contributed by atoms with Crippen LogP contribution in [-0.4, -0.2) is 38.6 Å². The van der Waals surface area contributed by atoms with Gasteiger partial charge in [0.1, 0.15) is 18.2 Å². The van der Waals surface area contributed by atoms with Crippen LogP contribution in [0.5, 0.6) is 5.75 Å². The predicted molar refractivity (Wildman–Crippen MR) is 62.6 cm³/mol. The summed E-state index contributed by atoms with van der Waals surface area (Å²) >= 11 is 0. The van der Waals surface area contributed by atoms with Gasteiger partial charge in [0.05, 0.1) is 13.2 Å². The Hall–Kier alpha value is -1.17. The predicted octanol–water partition coefficient (Wildman–Crippen LogP) is 0.933. The molecule has 0 amide bonds. The minimum atomic E-state index is -0.344. The Morgan fingerprint density at radius 2 is 2.12 bits per heavy atom. The van der Waals surface area contributed by atoms with E-state index in [1.807, 2.05) is 0 Å². The van der Waals surface area contributed by atoms with E-state index in [0.717, 1.165) is 5.56 Å². The lowest BCUT2D eigenvalue weighted by molar-refractivity contribution is 0.198. The second-order valence-corrected chi connectivity index (χ2v) is 3.54. The second-order valence-electron chi connectivity index (χ2n) is 3.54. The lowest BCUT2D eigenvalue weighted by atomic mass is 10.2. The normalized spacial score (nSPS) is 10.5. The number of nitrogens with one attached hydrogen (secondary N) is 1. The van der Waals surface area contributed by atoms with E-state index in [-0.39, 0.29) is 19.0 Å². The van der Waals surface area contributed by atoms with Gasteiger partial charge in [-0.25, -0.2) is 4.39 Å². The molecule has 0 saturated heterocycles. The number of ether oxygens (including phenoxy) is 2. The summed E-state index contributed by atoms with van der Waals surface area (Å²) in [5, 5.41) is 11.7. The molecule has 0 bridgehead atoms. The summed E-state index contributed by atoms with van der Waals surface area (Å²) in [7, 11) is 1.63. The van der Waals surface area contributed by atoms with Crippen molar-refractivity contribution in [3.63, 3.8) is 0 Å². The third-order valence-corrected chi connectivity index (χ3v) is 2.10. The maximum absolute atomic E-state index is 13.2. The molecule has 0 aliphatic rings. The van der Waals surface area contributed by atoms with Gasteiger partial charge in [0.25, 0.3) is 0 Å². The van der Waals surface area contributed by atoms with E-state index in [9.17, 15) is 4.39 Å². The number of benzene rings is 1. The Balaban J connectivity index is 2.50. The molecule has 1 aromatic rings.